The van der Waals surface area contributed by atoms with Crippen molar-refractivity contribution in [2.24, 2.45) is 0 Å². The van der Waals surface area contributed by atoms with Gasteiger partial charge in [-0.25, -0.2) is 9.59 Å². The second kappa shape index (κ2) is 4.52. The monoisotopic (exact) mass is 247 g/mol. The summed E-state index contributed by atoms with van der Waals surface area (Å²) in [4.78, 5) is 22.9. The van der Waals surface area contributed by atoms with Crippen LogP contribution >= 0.6 is 0 Å². The molecule has 0 aliphatic heterocycles. The number of hydrogen-bond acceptors (Lipinski definition) is 3. The molecule has 1 heterocycles. The van der Waals surface area contributed by atoms with Gasteiger partial charge in [-0.05, 0) is 31.5 Å². The third-order valence-corrected chi connectivity index (χ3v) is 2.74. The number of rotatable bonds is 2. The van der Waals surface area contributed by atoms with Crippen LogP contribution in [0.25, 0.3) is 10.9 Å². The molecule has 0 spiro atoms. The molecule has 5 nitrogen and oxygen atoms in total. The second-order valence-electron chi connectivity index (χ2n) is 3.88. The molecule has 5 heteroatoms. The lowest BCUT2D eigenvalue weighted by atomic mass is 10.1. The van der Waals surface area contributed by atoms with Gasteiger partial charge in [-0.2, -0.15) is 0 Å². The van der Waals surface area contributed by atoms with Crippen LogP contribution in [0.3, 0.4) is 0 Å². The average molecular weight is 247 g/mol. The fraction of sp³-hybridized carbons (Fsp3) is 0.231. The maximum atomic E-state index is 11.7. The smallest absolute Gasteiger partial charge is 0.418 e. The Kier molecular flexibility index (Phi) is 3.06. The third kappa shape index (κ3) is 1.84. The van der Waals surface area contributed by atoms with Gasteiger partial charge in [0.15, 0.2) is 0 Å². The Morgan fingerprint density at radius 3 is 2.67 bits per heavy atom. The molecule has 1 aromatic carbocycles. The number of aryl methyl sites for hydroxylation is 1. The van der Waals surface area contributed by atoms with Crippen molar-refractivity contribution >= 4 is 23.0 Å². The minimum absolute atomic E-state index is 0.179. The van der Waals surface area contributed by atoms with Gasteiger partial charge in [0, 0.05) is 11.6 Å². The standard InChI is InChI=1S/C13H13NO4/c1-3-18-13(17)14-7-6-9-10(12(15)16)5-4-8(2)11(9)14/h4-7H,3H2,1-2H3,(H,15,16). The molecule has 94 valence electrons. The van der Waals surface area contributed by atoms with E-state index >= 15 is 0 Å². The molecule has 0 saturated carbocycles. The highest BCUT2D eigenvalue weighted by molar-refractivity contribution is 6.05. The number of aromatic carboxylic acids is 1. The summed E-state index contributed by atoms with van der Waals surface area (Å²) in [5.74, 6) is -1.01. The molecule has 1 N–H and O–H groups in total. The van der Waals surface area contributed by atoms with Crippen LogP contribution in [0.2, 0.25) is 0 Å². The van der Waals surface area contributed by atoms with Crippen molar-refractivity contribution in [1.29, 1.82) is 0 Å². The predicted octanol–water partition coefficient (Wildman–Crippen LogP) is 2.65. The van der Waals surface area contributed by atoms with Gasteiger partial charge in [0.25, 0.3) is 0 Å². The summed E-state index contributed by atoms with van der Waals surface area (Å²) in [7, 11) is 0. The summed E-state index contributed by atoms with van der Waals surface area (Å²) in [6.45, 7) is 3.82. The molecule has 0 bridgehead atoms. The van der Waals surface area contributed by atoms with E-state index in [-0.39, 0.29) is 12.2 Å². The van der Waals surface area contributed by atoms with Crippen molar-refractivity contribution in [2.75, 3.05) is 6.61 Å². The molecule has 0 saturated heterocycles. The number of fused-ring (bicyclic) bond motifs is 1. The third-order valence-electron chi connectivity index (χ3n) is 2.74. The van der Waals surface area contributed by atoms with Crippen LogP contribution in [0, 0.1) is 6.92 Å². The van der Waals surface area contributed by atoms with E-state index in [1.54, 1.807) is 19.1 Å². The fourth-order valence-corrected chi connectivity index (χ4v) is 1.96. The first kappa shape index (κ1) is 12.2. The van der Waals surface area contributed by atoms with Crippen LogP contribution in [0.4, 0.5) is 4.79 Å². The van der Waals surface area contributed by atoms with Crippen molar-refractivity contribution < 1.29 is 19.4 Å². The van der Waals surface area contributed by atoms with Gasteiger partial charge in [-0.3, -0.25) is 4.57 Å². The molecule has 2 aromatic rings. The number of benzene rings is 1. The van der Waals surface area contributed by atoms with Crippen molar-refractivity contribution in [3.05, 3.63) is 35.5 Å². The predicted molar refractivity (Wildman–Crippen MR) is 66.1 cm³/mol. The Bertz CT molecular complexity index is 627. The molecule has 2 rings (SSSR count). The van der Waals surface area contributed by atoms with Gasteiger partial charge in [-0.1, -0.05) is 6.07 Å². The summed E-state index contributed by atoms with van der Waals surface area (Å²) < 4.78 is 6.26. The number of carboxylic acid groups (broad SMARTS) is 1. The maximum Gasteiger partial charge on any atom is 0.418 e. The van der Waals surface area contributed by atoms with Gasteiger partial charge in [0.1, 0.15) is 0 Å². The Hall–Kier alpha value is -2.30. The lowest BCUT2D eigenvalue weighted by molar-refractivity contribution is 0.0699. The largest absolute Gasteiger partial charge is 0.478 e. The Labute approximate surface area is 104 Å². The van der Waals surface area contributed by atoms with Crippen molar-refractivity contribution in [1.82, 2.24) is 4.57 Å². The van der Waals surface area contributed by atoms with E-state index in [1.807, 2.05) is 6.92 Å². The van der Waals surface area contributed by atoms with Gasteiger partial charge in [0.2, 0.25) is 0 Å². The Morgan fingerprint density at radius 2 is 2.06 bits per heavy atom. The van der Waals surface area contributed by atoms with Gasteiger partial charge in [-0.15, -0.1) is 0 Å². The first-order valence-electron chi connectivity index (χ1n) is 5.57. The highest BCUT2D eigenvalue weighted by Gasteiger charge is 2.16. The van der Waals surface area contributed by atoms with E-state index in [0.29, 0.717) is 10.9 Å². The molecule has 0 amide bonds. The highest BCUT2D eigenvalue weighted by Crippen LogP contribution is 2.24. The van der Waals surface area contributed by atoms with E-state index < -0.39 is 12.1 Å². The first-order chi connectivity index (χ1) is 8.56. The first-order valence-corrected chi connectivity index (χ1v) is 5.57. The second-order valence-corrected chi connectivity index (χ2v) is 3.88. The number of carbonyl (C=O) groups is 2. The summed E-state index contributed by atoms with van der Waals surface area (Å²) in [6.07, 6.45) is 1.03. The summed E-state index contributed by atoms with van der Waals surface area (Å²) in [5.41, 5.74) is 1.58. The molecule has 0 atom stereocenters. The van der Waals surface area contributed by atoms with Crippen LogP contribution in [0.15, 0.2) is 24.4 Å². The molecule has 0 aliphatic carbocycles. The molecule has 1 aromatic heterocycles. The molecule has 0 aliphatic rings. The van der Waals surface area contributed by atoms with Crippen LogP contribution in [-0.2, 0) is 4.74 Å². The molecule has 18 heavy (non-hydrogen) atoms. The molecule has 0 fully saturated rings. The topological polar surface area (TPSA) is 68.5 Å². The van der Waals surface area contributed by atoms with Crippen LogP contribution in [0.1, 0.15) is 22.8 Å². The van der Waals surface area contributed by atoms with Crippen molar-refractivity contribution in [2.45, 2.75) is 13.8 Å². The number of hydrogen-bond donors (Lipinski definition) is 1. The fourth-order valence-electron chi connectivity index (χ4n) is 1.96. The van der Waals surface area contributed by atoms with E-state index in [9.17, 15) is 9.59 Å². The number of carboxylic acids is 1. The summed E-state index contributed by atoms with van der Waals surface area (Å²) in [6, 6.07) is 4.83. The molecular formula is C13H13NO4. The van der Waals surface area contributed by atoms with Gasteiger partial charge in [0.05, 0.1) is 17.7 Å². The molecule has 0 radical (unpaired) electrons. The number of aromatic nitrogens is 1. The quantitative estimate of drug-likeness (QED) is 0.885. The number of carbonyl (C=O) groups excluding carboxylic acids is 1. The number of ether oxygens (including phenoxy) is 1. The SMILES string of the molecule is CCOC(=O)n1ccc2c(C(=O)O)ccc(C)c21. The van der Waals surface area contributed by atoms with E-state index in [4.69, 9.17) is 9.84 Å². The normalized spacial score (nSPS) is 10.6. The van der Waals surface area contributed by atoms with Crippen LogP contribution in [-0.4, -0.2) is 28.3 Å². The highest BCUT2D eigenvalue weighted by atomic mass is 16.5. The van der Waals surface area contributed by atoms with Gasteiger partial charge >= 0.3 is 12.1 Å². The van der Waals surface area contributed by atoms with Gasteiger partial charge < -0.3 is 9.84 Å². The summed E-state index contributed by atoms with van der Waals surface area (Å²) in [5, 5.41) is 9.64. The van der Waals surface area contributed by atoms with Crippen molar-refractivity contribution in [3.8, 4) is 0 Å². The minimum atomic E-state index is -1.01. The van der Waals surface area contributed by atoms with Crippen LogP contribution in [0.5, 0.6) is 0 Å². The van der Waals surface area contributed by atoms with E-state index in [2.05, 4.69) is 0 Å². The lowest BCUT2D eigenvalue weighted by Crippen LogP contribution is -2.13. The van der Waals surface area contributed by atoms with Crippen LogP contribution < -0.4 is 0 Å². The lowest BCUT2D eigenvalue weighted by Gasteiger charge is -2.07. The molecular weight excluding hydrogens is 234 g/mol. The maximum absolute atomic E-state index is 11.7. The zero-order valence-electron chi connectivity index (χ0n) is 10.1. The Balaban J connectivity index is 2.69. The average Bonchev–Trinajstić information content (AvgIpc) is 2.74. The Morgan fingerprint density at radius 1 is 1.33 bits per heavy atom. The summed E-state index contributed by atoms with van der Waals surface area (Å²) >= 11 is 0. The number of nitrogens with zero attached hydrogens (tertiary/aromatic N) is 1. The molecule has 0 unspecified atom stereocenters. The van der Waals surface area contributed by atoms with E-state index in [1.165, 1.54) is 16.8 Å². The van der Waals surface area contributed by atoms with Crippen molar-refractivity contribution in [3.63, 3.8) is 0 Å². The zero-order chi connectivity index (χ0) is 13.3. The van der Waals surface area contributed by atoms with E-state index in [0.717, 1.165) is 5.56 Å². The zero-order valence-corrected chi connectivity index (χ0v) is 10.1. The minimum Gasteiger partial charge on any atom is -0.478 e.